The van der Waals surface area contributed by atoms with Crippen molar-refractivity contribution in [3.63, 3.8) is 0 Å². The number of fused-ring (bicyclic) bond motifs is 2. The van der Waals surface area contributed by atoms with Crippen molar-refractivity contribution in [2.45, 2.75) is 70.6 Å². The van der Waals surface area contributed by atoms with Crippen LogP contribution >= 0.6 is 22.9 Å². The second-order valence-corrected chi connectivity index (χ2v) is 11.0. The van der Waals surface area contributed by atoms with E-state index >= 15 is 0 Å². The molecule has 2 aliphatic rings. The minimum Gasteiger partial charge on any atom is -0.396 e. The number of halogens is 1. The Morgan fingerprint density at radius 1 is 1.47 bits per heavy atom. The Morgan fingerprint density at radius 3 is 2.87 bits per heavy atom. The minimum atomic E-state index is -0.647. The van der Waals surface area contributed by atoms with Gasteiger partial charge in [0.25, 0.3) is 0 Å². The Labute approximate surface area is 189 Å². The molecule has 2 aliphatic heterocycles. The molecule has 30 heavy (non-hydrogen) atoms. The van der Waals surface area contributed by atoms with E-state index in [2.05, 4.69) is 25.2 Å². The Morgan fingerprint density at radius 2 is 2.20 bits per heavy atom. The van der Waals surface area contributed by atoms with E-state index in [1.807, 2.05) is 13.1 Å². The van der Waals surface area contributed by atoms with Gasteiger partial charge in [0, 0.05) is 41.5 Å². The van der Waals surface area contributed by atoms with Gasteiger partial charge < -0.3 is 25.3 Å². The number of nitrogens with two attached hydrogens (primary N) is 1. The molecule has 0 saturated carbocycles. The molecule has 5 N–H and O–H groups in total. The lowest BCUT2D eigenvalue weighted by molar-refractivity contribution is -0.0921. The number of aliphatic hydroxyl groups excluding tert-OH is 2. The standard InChI is InChI=1S/C22H36ClN3O3S/c1-4-5-17(11-26(24)12-21(3,13-27)14-28)18-10-22(9-15(2)25-18)20-16(6-7-29-22)8-19(23)30-20/h8,11,15,18,25,27-28H,4-7,9-10,12-14,24H2,1-3H3/b17-11+. The second kappa shape index (κ2) is 9.86. The summed E-state index contributed by atoms with van der Waals surface area (Å²) in [4.78, 5) is 1.28. The van der Waals surface area contributed by atoms with Crippen LogP contribution in [0.2, 0.25) is 4.34 Å². The van der Waals surface area contributed by atoms with Gasteiger partial charge >= 0.3 is 0 Å². The quantitative estimate of drug-likeness (QED) is 0.354. The lowest BCUT2D eigenvalue weighted by Crippen LogP contribution is -2.54. The average molecular weight is 458 g/mol. The number of nitrogens with one attached hydrogen (secondary N) is 1. The number of hydrogen-bond donors (Lipinski definition) is 4. The van der Waals surface area contributed by atoms with Crippen LogP contribution in [0.25, 0.3) is 0 Å². The molecule has 1 aromatic heterocycles. The first-order valence-electron chi connectivity index (χ1n) is 10.9. The molecule has 3 atom stereocenters. The number of nitrogens with zero attached hydrogens (tertiary/aromatic N) is 1. The van der Waals surface area contributed by atoms with E-state index in [9.17, 15) is 10.2 Å². The Hall–Kier alpha value is -0.670. The van der Waals surface area contributed by atoms with Crippen molar-refractivity contribution in [3.8, 4) is 0 Å². The maximum atomic E-state index is 9.61. The summed E-state index contributed by atoms with van der Waals surface area (Å²) in [5.41, 5.74) is 1.60. The first-order valence-corrected chi connectivity index (χ1v) is 12.1. The number of hydrazine groups is 1. The third-order valence-electron chi connectivity index (χ3n) is 6.24. The summed E-state index contributed by atoms with van der Waals surface area (Å²) in [5, 5.41) is 24.6. The van der Waals surface area contributed by atoms with Crippen LogP contribution in [-0.2, 0) is 16.8 Å². The van der Waals surface area contributed by atoms with Crippen molar-refractivity contribution in [1.29, 1.82) is 0 Å². The first kappa shape index (κ1) is 24.0. The summed E-state index contributed by atoms with van der Waals surface area (Å²) in [6.07, 6.45) is 6.60. The molecule has 0 aliphatic carbocycles. The first-order chi connectivity index (χ1) is 14.2. The maximum absolute atomic E-state index is 9.61. The zero-order valence-electron chi connectivity index (χ0n) is 18.3. The summed E-state index contributed by atoms with van der Waals surface area (Å²) in [7, 11) is 0. The zero-order chi connectivity index (χ0) is 21.9. The van der Waals surface area contributed by atoms with Gasteiger partial charge in [0.15, 0.2) is 0 Å². The van der Waals surface area contributed by atoms with Gasteiger partial charge in [0.1, 0.15) is 5.60 Å². The van der Waals surface area contributed by atoms with Crippen LogP contribution in [-0.4, -0.2) is 53.7 Å². The fourth-order valence-electron chi connectivity index (χ4n) is 4.77. The van der Waals surface area contributed by atoms with Crippen molar-refractivity contribution < 1.29 is 14.9 Å². The lowest BCUT2D eigenvalue weighted by atomic mass is 9.77. The average Bonchev–Trinajstić information content (AvgIpc) is 3.09. The van der Waals surface area contributed by atoms with Gasteiger partial charge in [-0.3, -0.25) is 0 Å². The molecule has 1 fully saturated rings. The molecule has 1 aromatic rings. The number of rotatable bonds is 8. The molecule has 8 heteroatoms. The summed E-state index contributed by atoms with van der Waals surface area (Å²) in [6.45, 7) is 7.06. The highest BCUT2D eigenvalue weighted by atomic mass is 35.5. The van der Waals surface area contributed by atoms with E-state index < -0.39 is 5.41 Å². The van der Waals surface area contributed by atoms with Crippen LogP contribution in [0.1, 0.15) is 56.9 Å². The lowest BCUT2D eigenvalue weighted by Gasteiger charge is -2.47. The number of aliphatic hydroxyl groups is 2. The number of hydrogen-bond acceptors (Lipinski definition) is 7. The Balaban J connectivity index is 1.86. The SMILES string of the molecule is CCC/C(=C\N(N)CC(C)(CO)CO)C1CC2(CC(C)N1)OCCc1cc(Cl)sc12. The van der Waals surface area contributed by atoms with Crippen LogP contribution in [0.15, 0.2) is 17.8 Å². The zero-order valence-corrected chi connectivity index (χ0v) is 19.9. The van der Waals surface area contributed by atoms with E-state index in [1.165, 1.54) is 16.0 Å². The van der Waals surface area contributed by atoms with Crippen LogP contribution in [0.5, 0.6) is 0 Å². The Kier molecular flexibility index (Phi) is 7.88. The highest BCUT2D eigenvalue weighted by Gasteiger charge is 2.46. The van der Waals surface area contributed by atoms with Crippen molar-refractivity contribution >= 4 is 22.9 Å². The fraction of sp³-hybridized carbons (Fsp3) is 0.727. The summed E-state index contributed by atoms with van der Waals surface area (Å²) < 4.78 is 7.30. The number of thiophene rings is 1. The third-order valence-corrected chi connectivity index (χ3v) is 7.74. The molecule has 0 aromatic carbocycles. The summed E-state index contributed by atoms with van der Waals surface area (Å²) >= 11 is 8.02. The normalized spacial score (nSPS) is 27.4. The molecule has 1 saturated heterocycles. The van der Waals surface area contributed by atoms with Crippen LogP contribution in [0.4, 0.5) is 0 Å². The maximum Gasteiger partial charge on any atom is 0.106 e. The highest BCUT2D eigenvalue weighted by molar-refractivity contribution is 7.16. The summed E-state index contributed by atoms with van der Waals surface area (Å²) in [6, 6.07) is 2.53. The van der Waals surface area contributed by atoms with Crippen LogP contribution < -0.4 is 11.2 Å². The second-order valence-electron chi connectivity index (χ2n) is 9.28. The van der Waals surface area contributed by atoms with E-state index in [0.717, 1.165) is 43.0 Å². The van der Waals surface area contributed by atoms with Crippen molar-refractivity contribution in [2.24, 2.45) is 11.3 Å². The predicted octanol–water partition coefficient (Wildman–Crippen LogP) is 3.16. The largest absolute Gasteiger partial charge is 0.396 e. The molecule has 6 nitrogen and oxygen atoms in total. The molecule has 0 radical (unpaired) electrons. The molecule has 0 bridgehead atoms. The fourth-order valence-corrected chi connectivity index (χ4v) is 6.23. The van der Waals surface area contributed by atoms with E-state index in [1.54, 1.807) is 16.3 Å². The van der Waals surface area contributed by atoms with Gasteiger partial charge in [-0.1, -0.05) is 31.9 Å². The third kappa shape index (κ3) is 5.21. The van der Waals surface area contributed by atoms with Crippen molar-refractivity contribution in [2.75, 3.05) is 26.4 Å². The summed E-state index contributed by atoms with van der Waals surface area (Å²) in [5.74, 6) is 6.29. The number of ether oxygens (including phenoxy) is 1. The molecule has 170 valence electrons. The van der Waals surface area contributed by atoms with E-state index in [-0.39, 0.29) is 24.9 Å². The predicted molar refractivity (Wildman–Crippen MR) is 122 cm³/mol. The van der Waals surface area contributed by atoms with Crippen LogP contribution in [0, 0.1) is 5.41 Å². The van der Waals surface area contributed by atoms with Gasteiger partial charge in [0.05, 0.1) is 24.2 Å². The molecule has 3 heterocycles. The highest BCUT2D eigenvalue weighted by Crippen LogP contribution is 2.48. The molecular formula is C22H36ClN3O3S. The molecule has 0 amide bonds. The van der Waals surface area contributed by atoms with Gasteiger partial charge in [-0.15, -0.1) is 11.3 Å². The topological polar surface area (TPSA) is 91.0 Å². The van der Waals surface area contributed by atoms with Crippen LogP contribution in [0.3, 0.4) is 0 Å². The van der Waals surface area contributed by atoms with E-state index in [0.29, 0.717) is 12.6 Å². The van der Waals surface area contributed by atoms with Crippen molar-refractivity contribution in [3.05, 3.63) is 32.6 Å². The minimum absolute atomic E-state index is 0.119. The Bertz CT molecular complexity index is 752. The molecule has 3 rings (SSSR count). The molecular weight excluding hydrogens is 422 g/mol. The molecule has 1 spiro atoms. The van der Waals surface area contributed by atoms with Gasteiger partial charge in [0.2, 0.25) is 0 Å². The van der Waals surface area contributed by atoms with Gasteiger partial charge in [-0.25, -0.2) is 5.84 Å². The van der Waals surface area contributed by atoms with Gasteiger partial charge in [-0.2, -0.15) is 0 Å². The smallest absolute Gasteiger partial charge is 0.106 e. The van der Waals surface area contributed by atoms with Crippen molar-refractivity contribution in [1.82, 2.24) is 10.3 Å². The molecule has 3 unspecified atom stereocenters. The monoisotopic (exact) mass is 457 g/mol. The number of piperidine rings is 1. The van der Waals surface area contributed by atoms with E-state index in [4.69, 9.17) is 22.2 Å². The van der Waals surface area contributed by atoms with Gasteiger partial charge in [-0.05, 0) is 43.4 Å².